The van der Waals surface area contributed by atoms with Crippen LogP contribution in [0.1, 0.15) is 43.4 Å². The van der Waals surface area contributed by atoms with Gasteiger partial charge in [0.25, 0.3) is 0 Å². The van der Waals surface area contributed by atoms with Crippen LogP contribution in [0.3, 0.4) is 0 Å². The number of nitrogens with one attached hydrogen (secondary N) is 1. The van der Waals surface area contributed by atoms with Crippen LogP contribution in [-0.2, 0) is 6.54 Å². The van der Waals surface area contributed by atoms with Crippen LogP contribution in [0.4, 0.5) is 0 Å². The van der Waals surface area contributed by atoms with Crippen molar-refractivity contribution in [3.05, 3.63) is 41.2 Å². The summed E-state index contributed by atoms with van der Waals surface area (Å²) in [5.41, 5.74) is 5.69. The van der Waals surface area contributed by atoms with Crippen molar-refractivity contribution in [3.8, 4) is 5.69 Å². The van der Waals surface area contributed by atoms with Crippen LogP contribution in [0.25, 0.3) is 5.69 Å². The third-order valence-corrected chi connectivity index (χ3v) is 3.42. The molecule has 108 valence electrons. The molecule has 0 radical (unpaired) electrons. The summed E-state index contributed by atoms with van der Waals surface area (Å²) in [5, 5.41) is 3.52. The Morgan fingerprint density at radius 2 is 1.85 bits per heavy atom. The molecule has 4 nitrogen and oxygen atoms in total. The molecule has 0 aliphatic rings. The Kier molecular flexibility index (Phi) is 3.95. The summed E-state index contributed by atoms with van der Waals surface area (Å²) >= 11 is 0. The summed E-state index contributed by atoms with van der Waals surface area (Å²) in [4.78, 5) is 8.82. The fourth-order valence-corrected chi connectivity index (χ4v) is 2.04. The minimum absolute atomic E-state index is 0.0854. The van der Waals surface area contributed by atoms with E-state index in [1.54, 1.807) is 0 Å². The van der Waals surface area contributed by atoms with E-state index >= 15 is 0 Å². The lowest BCUT2D eigenvalue weighted by Crippen LogP contribution is -2.35. The van der Waals surface area contributed by atoms with Gasteiger partial charge in [-0.3, -0.25) is 4.98 Å². The molecule has 2 heterocycles. The number of imidazole rings is 1. The Balaban J connectivity index is 2.41. The van der Waals surface area contributed by atoms with Crippen molar-refractivity contribution in [1.29, 1.82) is 0 Å². The maximum absolute atomic E-state index is 4.43. The summed E-state index contributed by atoms with van der Waals surface area (Å²) < 4.78 is 2.14. The summed E-state index contributed by atoms with van der Waals surface area (Å²) in [6.45, 7) is 13.4. The second kappa shape index (κ2) is 5.37. The normalized spacial score (nSPS) is 11.9. The first kappa shape index (κ1) is 14.7. The van der Waals surface area contributed by atoms with Crippen molar-refractivity contribution in [1.82, 2.24) is 19.9 Å². The molecule has 0 saturated carbocycles. The molecule has 20 heavy (non-hydrogen) atoms. The summed E-state index contributed by atoms with van der Waals surface area (Å²) in [6.07, 6.45) is 3.85. The molecular formula is C16H24N4. The zero-order valence-electron chi connectivity index (χ0n) is 13.3. The topological polar surface area (TPSA) is 42.7 Å². The van der Waals surface area contributed by atoms with Gasteiger partial charge in [0.05, 0.1) is 17.7 Å². The van der Waals surface area contributed by atoms with Crippen LogP contribution in [0, 0.1) is 20.8 Å². The lowest BCUT2D eigenvalue weighted by molar-refractivity contribution is 0.423. The van der Waals surface area contributed by atoms with Gasteiger partial charge in [-0.25, -0.2) is 4.98 Å². The molecule has 1 N–H and O–H groups in total. The molecule has 0 fully saturated rings. The first-order valence-corrected chi connectivity index (χ1v) is 6.99. The summed E-state index contributed by atoms with van der Waals surface area (Å²) in [5.74, 6) is 0. The van der Waals surface area contributed by atoms with Gasteiger partial charge in [0.2, 0.25) is 0 Å². The van der Waals surface area contributed by atoms with Crippen LogP contribution in [0.2, 0.25) is 0 Å². The van der Waals surface area contributed by atoms with E-state index in [1.165, 1.54) is 11.3 Å². The fraction of sp³-hybridized carbons (Fsp3) is 0.500. The van der Waals surface area contributed by atoms with Crippen molar-refractivity contribution >= 4 is 0 Å². The van der Waals surface area contributed by atoms with Crippen LogP contribution < -0.4 is 5.32 Å². The summed E-state index contributed by atoms with van der Waals surface area (Å²) in [6, 6.07) is 2.12. The highest BCUT2D eigenvalue weighted by molar-refractivity contribution is 5.43. The number of aryl methyl sites for hydroxylation is 2. The number of nitrogens with zero attached hydrogens (tertiary/aromatic N) is 3. The number of hydrogen-bond donors (Lipinski definition) is 1. The molecular weight excluding hydrogens is 248 g/mol. The minimum Gasteiger partial charge on any atom is -0.308 e. The molecule has 0 aliphatic heterocycles. The van der Waals surface area contributed by atoms with Crippen LogP contribution in [0.15, 0.2) is 18.6 Å². The van der Waals surface area contributed by atoms with Crippen molar-refractivity contribution in [2.24, 2.45) is 0 Å². The van der Waals surface area contributed by atoms with Gasteiger partial charge in [0.15, 0.2) is 0 Å². The SMILES string of the molecule is Cc1cc(-n2cnc(C)c2C)c(CNC(C)(C)C)cn1. The number of hydrogen-bond acceptors (Lipinski definition) is 3. The highest BCUT2D eigenvalue weighted by atomic mass is 15.1. The van der Waals surface area contributed by atoms with E-state index in [9.17, 15) is 0 Å². The molecule has 0 bridgehead atoms. The Morgan fingerprint density at radius 3 is 2.40 bits per heavy atom. The van der Waals surface area contributed by atoms with E-state index < -0.39 is 0 Å². The smallest absolute Gasteiger partial charge is 0.0997 e. The van der Waals surface area contributed by atoms with E-state index in [-0.39, 0.29) is 5.54 Å². The first-order chi connectivity index (χ1) is 9.28. The minimum atomic E-state index is 0.0854. The van der Waals surface area contributed by atoms with Gasteiger partial charge >= 0.3 is 0 Å². The van der Waals surface area contributed by atoms with E-state index in [1.807, 2.05) is 26.4 Å². The van der Waals surface area contributed by atoms with Gasteiger partial charge in [-0.2, -0.15) is 0 Å². The van der Waals surface area contributed by atoms with E-state index in [2.05, 4.69) is 53.6 Å². The molecule has 0 amide bonds. The lowest BCUT2D eigenvalue weighted by Gasteiger charge is -2.22. The third kappa shape index (κ3) is 3.25. The Bertz CT molecular complexity index is 605. The van der Waals surface area contributed by atoms with Crippen molar-refractivity contribution in [2.45, 2.75) is 53.6 Å². The number of aromatic nitrogens is 3. The van der Waals surface area contributed by atoms with Crippen molar-refractivity contribution in [2.75, 3.05) is 0 Å². The maximum Gasteiger partial charge on any atom is 0.0997 e. The Labute approximate surface area is 121 Å². The zero-order valence-corrected chi connectivity index (χ0v) is 13.3. The highest BCUT2D eigenvalue weighted by Crippen LogP contribution is 2.19. The lowest BCUT2D eigenvalue weighted by atomic mass is 10.1. The predicted octanol–water partition coefficient (Wildman–Crippen LogP) is 3.08. The monoisotopic (exact) mass is 272 g/mol. The summed E-state index contributed by atoms with van der Waals surface area (Å²) in [7, 11) is 0. The average molecular weight is 272 g/mol. The van der Waals surface area contributed by atoms with Crippen LogP contribution in [-0.4, -0.2) is 20.1 Å². The molecule has 2 rings (SSSR count). The van der Waals surface area contributed by atoms with Gasteiger partial charge in [0.1, 0.15) is 0 Å². The molecule has 0 spiro atoms. The standard InChI is InChI=1S/C16H24N4/c1-11-7-15(20-10-18-12(2)13(20)3)14(8-17-11)9-19-16(4,5)6/h7-8,10,19H,9H2,1-6H3. The van der Waals surface area contributed by atoms with E-state index in [4.69, 9.17) is 0 Å². The van der Waals surface area contributed by atoms with Crippen molar-refractivity contribution < 1.29 is 0 Å². The van der Waals surface area contributed by atoms with E-state index in [0.717, 1.165) is 23.6 Å². The second-order valence-corrected chi connectivity index (χ2v) is 6.34. The molecule has 0 aromatic carbocycles. The molecule has 0 unspecified atom stereocenters. The third-order valence-electron chi connectivity index (χ3n) is 3.42. The highest BCUT2D eigenvalue weighted by Gasteiger charge is 2.13. The number of pyridine rings is 1. The fourth-order valence-electron chi connectivity index (χ4n) is 2.04. The second-order valence-electron chi connectivity index (χ2n) is 6.34. The van der Waals surface area contributed by atoms with Crippen molar-refractivity contribution in [3.63, 3.8) is 0 Å². The average Bonchev–Trinajstić information content (AvgIpc) is 2.67. The molecule has 4 heteroatoms. The van der Waals surface area contributed by atoms with Gasteiger partial charge < -0.3 is 9.88 Å². The van der Waals surface area contributed by atoms with Gasteiger partial charge in [-0.15, -0.1) is 0 Å². The van der Waals surface area contributed by atoms with E-state index in [0.29, 0.717) is 0 Å². The maximum atomic E-state index is 4.43. The van der Waals surface area contributed by atoms with Gasteiger partial charge in [-0.05, 0) is 47.6 Å². The Hall–Kier alpha value is -1.68. The number of rotatable bonds is 3. The molecule has 2 aromatic heterocycles. The van der Waals surface area contributed by atoms with Crippen LogP contribution >= 0.6 is 0 Å². The first-order valence-electron chi connectivity index (χ1n) is 6.99. The molecule has 0 saturated heterocycles. The van der Waals surface area contributed by atoms with Crippen LogP contribution in [0.5, 0.6) is 0 Å². The molecule has 0 atom stereocenters. The predicted molar refractivity (Wildman–Crippen MR) is 82.2 cm³/mol. The quantitative estimate of drug-likeness (QED) is 0.933. The van der Waals surface area contributed by atoms with Gasteiger partial charge in [0, 0.05) is 35.2 Å². The zero-order chi connectivity index (χ0) is 14.9. The largest absolute Gasteiger partial charge is 0.308 e. The molecule has 2 aromatic rings. The molecule has 0 aliphatic carbocycles. The van der Waals surface area contributed by atoms with Gasteiger partial charge in [-0.1, -0.05) is 0 Å². The Morgan fingerprint density at radius 1 is 1.15 bits per heavy atom.